The molecule has 0 spiro atoms. The van der Waals surface area contributed by atoms with Gasteiger partial charge in [0.05, 0.1) is 0 Å². The van der Waals surface area contributed by atoms with E-state index in [1.54, 1.807) is 6.07 Å². The second kappa shape index (κ2) is 9.71. The van der Waals surface area contributed by atoms with Gasteiger partial charge in [-0.25, -0.2) is 0 Å². The van der Waals surface area contributed by atoms with Crippen LogP contribution in [0.2, 0.25) is 0 Å². The van der Waals surface area contributed by atoms with E-state index in [4.69, 9.17) is 0 Å². The van der Waals surface area contributed by atoms with Crippen molar-refractivity contribution >= 4 is 24.8 Å². The number of halogens is 2. The van der Waals surface area contributed by atoms with Gasteiger partial charge in [-0.2, -0.15) is 0 Å². The fraction of sp³-hybridized carbons (Fsp3) is 0. The molecule has 3 aromatic carbocycles. The first-order chi connectivity index (χ1) is 9.36. The molecule has 0 fully saturated rings. The smallest absolute Gasteiger partial charge is 0.124 e. The van der Waals surface area contributed by atoms with Gasteiger partial charge < -0.3 is 5.11 Å². The first-order valence-electron chi connectivity index (χ1n) is 6.29. The van der Waals surface area contributed by atoms with Gasteiger partial charge in [-0.1, -0.05) is 72.8 Å². The molecule has 0 aliphatic carbocycles. The summed E-state index contributed by atoms with van der Waals surface area (Å²) in [6, 6.07) is 25.7. The summed E-state index contributed by atoms with van der Waals surface area (Å²) in [7, 11) is 0. The Bertz CT molecular complexity index is 688. The van der Waals surface area contributed by atoms with Gasteiger partial charge in [-0.05, 0) is 22.8 Å². The average molecular weight is 367 g/mol. The molecule has 112 valence electrons. The van der Waals surface area contributed by atoms with Crippen LogP contribution in [0.5, 0.6) is 5.75 Å². The summed E-state index contributed by atoms with van der Waals surface area (Å²) in [5, 5.41) is 10.2. The Balaban J connectivity index is 0.00000147. The normalized spacial score (nSPS) is 8.91. The van der Waals surface area contributed by atoms with Crippen LogP contribution in [-0.4, -0.2) is 5.11 Å². The zero-order valence-corrected chi connectivity index (χ0v) is 15.0. The van der Waals surface area contributed by atoms with E-state index in [1.807, 2.05) is 60.7 Å². The Labute approximate surface area is 158 Å². The zero-order valence-electron chi connectivity index (χ0n) is 11.8. The fourth-order valence-corrected chi connectivity index (χ4v) is 2.31. The predicted molar refractivity (Wildman–Crippen MR) is 93.5 cm³/mol. The monoisotopic (exact) mass is 366 g/mol. The van der Waals surface area contributed by atoms with Crippen molar-refractivity contribution in [2.45, 2.75) is 0 Å². The van der Waals surface area contributed by atoms with Crippen LogP contribution in [0.15, 0.2) is 78.9 Å². The third-order valence-corrected chi connectivity index (χ3v) is 3.19. The molecule has 3 rings (SSSR count). The molecule has 0 aliphatic heterocycles. The Morgan fingerprint density at radius 2 is 1.05 bits per heavy atom. The second-order valence-electron chi connectivity index (χ2n) is 4.43. The van der Waals surface area contributed by atoms with Gasteiger partial charge in [0.1, 0.15) is 5.75 Å². The van der Waals surface area contributed by atoms with E-state index < -0.39 is 0 Å². The van der Waals surface area contributed by atoms with Crippen LogP contribution < -0.4 is 0 Å². The standard InChI is InChI=1S/C18H14O.2ClH.Ti/c19-17-13-7-12-16(14-8-3-1-4-9-14)18(17)15-10-5-2-6-11-15;;;/h1-13,19H;2*1H;. The van der Waals surface area contributed by atoms with Crippen LogP contribution >= 0.6 is 24.8 Å². The molecule has 22 heavy (non-hydrogen) atoms. The Hall–Kier alpha value is -1.25. The van der Waals surface area contributed by atoms with Crippen LogP contribution in [0.1, 0.15) is 0 Å². The largest absolute Gasteiger partial charge is 0.507 e. The summed E-state index contributed by atoms with van der Waals surface area (Å²) in [6.45, 7) is 0. The number of rotatable bonds is 2. The number of benzene rings is 3. The minimum atomic E-state index is 0. The number of aromatic hydroxyl groups is 1. The Kier molecular flexibility index (Phi) is 9.16. The first-order valence-corrected chi connectivity index (χ1v) is 6.29. The molecular formula is C18H16Cl2OTi. The van der Waals surface area contributed by atoms with Crippen LogP contribution in [0.3, 0.4) is 0 Å². The quantitative estimate of drug-likeness (QED) is 0.588. The molecule has 1 N–H and O–H groups in total. The molecule has 1 nitrogen and oxygen atoms in total. The minimum Gasteiger partial charge on any atom is -0.507 e. The third kappa shape index (κ3) is 4.38. The summed E-state index contributed by atoms with van der Waals surface area (Å²) in [5.41, 5.74) is 4.07. The van der Waals surface area contributed by atoms with E-state index in [1.165, 1.54) is 0 Å². The van der Waals surface area contributed by atoms with Crippen molar-refractivity contribution in [3.63, 3.8) is 0 Å². The summed E-state index contributed by atoms with van der Waals surface area (Å²) < 4.78 is 0. The van der Waals surface area contributed by atoms with Crippen molar-refractivity contribution in [2.24, 2.45) is 0 Å². The van der Waals surface area contributed by atoms with Crippen LogP contribution in [-0.2, 0) is 21.7 Å². The van der Waals surface area contributed by atoms with Crippen molar-refractivity contribution < 1.29 is 26.8 Å². The van der Waals surface area contributed by atoms with E-state index in [0.29, 0.717) is 5.75 Å². The average Bonchev–Trinajstić information content (AvgIpc) is 2.49. The molecule has 0 heterocycles. The van der Waals surface area contributed by atoms with Gasteiger partial charge >= 0.3 is 0 Å². The molecule has 0 atom stereocenters. The summed E-state index contributed by atoms with van der Waals surface area (Å²) in [4.78, 5) is 0. The SMILES string of the molecule is Cl.Cl.Oc1cccc(-c2ccccc2)c1-c1ccccc1.[Ti]. The van der Waals surface area contributed by atoms with E-state index in [2.05, 4.69) is 12.1 Å². The van der Waals surface area contributed by atoms with Crippen molar-refractivity contribution in [1.29, 1.82) is 0 Å². The Morgan fingerprint density at radius 3 is 1.59 bits per heavy atom. The van der Waals surface area contributed by atoms with Gasteiger partial charge in [-0.3, -0.25) is 0 Å². The maximum atomic E-state index is 10.2. The summed E-state index contributed by atoms with van der Waals surface area (Å²) in [5.74, 6) is 0.313. The van der Waals surface area contributed by atoms with Crippen LogP contribution in [0, 0.1) is 0 Å². The molecular weight excluding hydrogens is 351 g/mol. The molecule has 4 heteroatoms. The summed E-state index contributed by atoms with van der Waals surface area (Å²) in [6.07, 6.45) is 0. The predicted octanol–water partition coefficient (Wildman–Crippen LogP) is 5.57. The van der Waals surface area contributed by atoms with Crippen LogP contribution in [0.25, 0.3) is 22.3 Å². The number of phenolic OH excluding ortho intramolecular Hbond substituents is 1. The van der Waals surface area contributed by atoms with E-state index in [-0.39, 0.29) is 46.5 Å². The molecule has 0 amide bonds. The number of hydrogen-bond acceptors (Lipinski definition) is 1. The van der Waals surface area contributed by atoms with Crippen molar-refractivity contribution in [3.05, 3.63) is 78.9 Å². The molecule has 0 radical (unpaired) electrons. The second-order valence-corrected chi connectivity index (χ2v) is 4.43. The maximum Gasteiger partial charge on any atom is 0.124 e. The number of hydrogen-bond donors (Lipinski definition) is 1. The van der Waals surface area contributed by atoms with Crippen molar-refractivity contribution in [3.8, 4) is 28.0 Å². The molecule has 3 aromatic rings. The summed E-state index contributed by atoms with van der Waals surface area (Å²) >= 11 is 0. The van der Waals surface area contributed by atoms with Gasteiger partial charge in [0, 0.05) is 27.3 Å². The molecule has 0 aromatic heterocycles. The minimum absolute atomic E-state index is 0. The van der Waals surface area contributed by atoms with Crippen molar-refractivity contribution in [2.75, 3.05) is 0 Å². The van der Waals surface area contributed by atoms with Gasteiger partial charge in [0.2, 0.25) is 0 Å². The maximum absolute atomic E-state index is 10.2. The third-order valence-electron chi connectivity index (χ3n) is 3.19. The van der Waals surface area contributed by atoms with Gasteiger partial charge in [0.25, 0.3) is 0 Å². The molecule has 0 bridgehead atoms. The van der Waals surface area contributed by atoms with E-state index >= 15 is 0 Å². The molecule has 0 aliphatic rings. The van der Waals surface area contributed by atoms with E-state index in [9.17, 15) is 5.11 Å². The Morgan fingerprint density at radius 1 is 0.545 bits per heavy atom. The van der Waals surface area contributed by atoms with Crippen LogP contribution in [0.4, 0.5) is 0 Å². The van der Waals surface area contributed by atoms with Crippen molar-refractivity contribution in [1.82, 2.24) is 0 Å². The van der Waals surface area contributed by atoms with E-state index in [0.717, 1.165) is 22.3 Å². The fourth-order valence-electron chi connectivity index (χ4n) is 2.31. The zero-order chi connectivity index (χ0) is 13.1. The van der Waals surface area contributed by atoms with Gasteiger partial charge in [0.15, 0.2) is 0 Å². The van der Waals surface area contributed by atoms with Gasteiger partial charge in [-0.15, -0.1) is 24.8 Å². The number of phenols is 1. The first kappa shape index (κ1) is 20.8. The molecule has 0 saturated carbocycles. The topological polar surface area (TPSA) is 20.2 Å². The molecule has 0 unspecified atom stereocenters. The molecule has 0 saturated heterocycles.